The standard InChI is InChI=1S/C17H18N2O5/c1-5-11-7-6-8-12(16(11)17(20)23-4)24-10-13-18-14(21-2)9-15(19-13)22-3/h5-9H,1,10H2,2-4H3. The van der Waals surface area contributed by atoms with E-state index in [0.29, 0.717) is 34.5 Å². The minimum absolute atomic E-state index is 0.0259. The summed E-state index contributed by atoms with van der Waals surface area (Å²) in [6.45, 7) is 3.72. The van der Waals surface area contributed by atoms with Crippen molar-refractivity contribution in [2.24, 2.45) is 0 Å². The fourth-order valence-corrected chi connectivity index (χ4v) is 2.02. The van der Waals surface area contributed by atoms with Crippen LogP contribution in [0.15, 0.2) is 30.8 Å². The topological polar surface area (TPSA) is 79.8 Å². The van der Waals surface area contributed by atoms with Gasteiger partial charge in [-0.1, -0.05) is 24.8 Å². The lowest BCUT2D eigenvalue weighted by Crippen LogP contribution is -2.09. The Balaban J connectivity index is 2.29. The molecule has 0 amide bonds. The number of benzene rings is 1. The molecule has 0 saturated heterocycles. The van der Waals surface area contributed by atoms with Crippen molar-refractivity contribution in [1.29, 1.82) is 0 Å². The molecule has 2 rings (SSSR count). The van der Waals surface area contributed by atoms with E-state index in [-0.39, 0.29) is 6.61 Å². The summed E-state index contributed by atoms with van der Waals surface area (Å²) in [5.41, 5.74) is 0.911. The minimum atomic E-state index is -0.510. The van der Waals surface area contributed by atoms with Crippen LogP contribution < -0.4 is 14.2 Å². The number of rotatable bonds is 7. The second kappa shape index (κ2) is 7.96. The molecule has 0 bridgehead atoms. The van der Waals surface area contributed by atoms with Crippen LogP contribution in [0.5, 0.6) is 17.5 Å². The van der Waals surface area contributed by atoms with Crippen molar-refractivity contribution in [1.82, 2.24) is 9.97 Å². The maximum absolute atomic E-state index is 12.0. The molecule has 0 atom stereocenters. The van der Waals surface area contributed by atoms with Gasteiger partial charge in [0, 0.05) is 0 Å². The minimum Gasteiger partial charge on any atom is -0.485 e. The van der Waals surface area contributed by atoms with Crippen molar-refractivity contribution in [3.8, 4) is 17.5 Å². The smallest absolute Gasteiger partial charge is 0.342 e. The predicted molar refractivity (Wildman–Crippen MR) is 87.3 cm³/mol. The zero-order valence-electron chi connectivity index (χ0n) is 13.7. The molecule has 0 aliphatic heterocycles. The third kappa shape index (κ3) is 3.81. The van der Waals surface area contributed by atoms with Crippen LogP contribution in [0, 0.1) is 0 Å². The maximum atomic E-state index is 12.0. The summed E-state index contributed by atoms with van der Waals surface area (Å²) in [6, 6.07) is 6.72. The van der Waals surface area contributed by atoms with Crippen molar-refractivity contribution in [2.45, 2.75) is 6.61 Å². The summed E-state index contributed by atoms with van der Waals surface area (Å²) in [5.74, 6) is 0.905. The molecule has 126 valence electrons. The Morgan fingerprint density at radius 2 is 1.83 bits per heavy atom. The Hall–Kier alpha value is -3.09. The Kier molecular flexibility index (Phi) is 5.73. The molecular weight excluding hydrogens is 312 g/mol. The highest BCUT2D eigenvalue weighted by atomic mass is 16.5. The molecule has 0 aliphatic rings. The first-order valence-electron chi connectivity index (χ1n) is 7.05. The van der Waals surface area contributed by atoms with Crippen LogP contribution in [0.1, 0.15) is 21.7 Å². The lowest BCUT2D eigenvalue weighted by atomic mass is 10.1. The van der Waals surface area contributed by atoms with E-state index in [4.69, 9.17) is 18.9 Å². The molecular formula is C17H18N2O5. The quantitative estimate of drug-likeness (QED) is 0.722. The van der Waals surface area contributed by atoms with Gasteiger partial charge < -0.3 is 18.9 Å². The van der Waals surface area contributed by atoms with Gasteiger partial charge in [-0.05, 0) is 11.6 Å². The number of hydrogen-bond donors (Lipinski definition) is 0. The van der Waals surface area contributed by atoms with Gasteiger partial charge in [-0.25, -0.2) is 4.79 Å². The van der Waals surface area contributed by atoms with E-state index in [9.17, 15) is 4.79 Å². The number of carbonyl (C=O) groups excluding carboxylic acids is 1. The van der Waals surface area contributed by atoms with E-state index < -0.39 is 5.97 Å². The highest BCUT2D eigenvalue weighted by Crippen LogP contribution is 2.25. The van der Waals surface area contributed by atoms with Gasteiger partial charge in [-0.15, -0.1) is 0 Å². The van der Waals surface area contributed by atoms with Gasteiger partial charge in [0.25, 0.3) is 0 Å². The second-order valence-corrected chi connectivity index (χ2v) is 4.57. The van der Waals surface area contributed by atoms with Crippen LogP contribution in [0.4, 0.5) is 0 Å². The molecule has 0 radical (unpaired) electrons. The van der Waals surface area contributed by atoms with E-state index in [2.05, 4.69) is 16.5 Å². The monoisotopic (exact) mass is 330 g/mol. The fraction of sp³-hybridized carbons (Fsp3) is 0.235. The molecule has 0 N–H and O–H groups in total. The molecule has 2 aromatic rings. The third-order valence-corrected chi connectivity index (χ3v) is 3.17. The van der Waals surface area contributed by atoms with E-state index in [1.54, 1.807) is 30.3 Å². The molecule has 0 spiro atoms. The van der Waals surface area contributed by atoms with Gasteiger partial charge in [-0.2, -0.15) is 9.97 Å². The molecule has 7 nitrogen and oxygen atoms in total. The highest BCUT2D eigenvalue weighted by molar-refractivity contribution is 5.96. The Bertz CT molecular complexity index is 724. The summed E-state index contributed by atoms with van der Waals surface area (Å²) in [5, 5.41) is 0. The Morgan fingerprint density at radius 1 is 1.17 bits per heavy atom. The second-order valence-electron chi connectivity index (χ2n) is 4.57. The molecule has 0 aliphatic carbocycles. The Morgan fingerprint density at radius 3 is 2.38 bits per heavy atom. The zero-order chi connectivity index (χ0) is 17.5. The molecule has 1 aromatic carbocycles. The summed E-state index contributed by atoms with van der Waals surface area (Å²) in [7, 11) is 4.30. The van der Waals surface area contributed by atoms with Crippen molar-refractivity contribution in [3.63, 3.8) is 0 Å². The van der Waals surface area contributed by atoms with Crippen LogP contribution in [0.3, 0.4) is 0 Å². The van der Waals surface area contributed by atoms with E-state index in [0.717, 1.165) is 0 Å². The van der Waals surface area contributed by atoms with Gasteiger partial charge in [0.15, 0.2) is 5.82 Å². The van der Waals surface area contributed by atoms with Crippen LogP contribution in [0.25, 0.3) is 6.08 Å². The van der Waals surface area contributed by atoms with E-state index in [1.165, 1.54) is 21.3 Å². The van der Waals surface area contributed by atoms with Crippen LogP contribution in [0.2, 0.25) is 0 Å². The average molecular weight is 330 g/mol. The number of esters is 1. The first kappa shape index (κ1) is 17.3. The maximum Gasteiger partial charge on any atom is 0.342 e. The van der Waals surface area contributed by atoms with Gasteiger partial charge in [-0.3, -0.25) is 0 Å². The highest BCUT2D eigenvalue weighted by Gasteiger charge is 2.17. The molecule has 1 heterocycles. The number of ether oxygens (including phenoxy) is 4. The molecule has 0 saturated carbocycles. The Labute approximate surface area is 139 Å². The van der Waals surface area contributed by atoms with Gasteiger partial charge in [0.05, 0.1) is 27.4 Å². The average Bonchev–Trinajstić information content (AvgIpc) is 2.64. The number of aromatic nitrogens is 2. The van der Waals surface area contributed by atoms with Crippen LogP contribution in [-0.4, -0.2) is 37.3 Å². The lowest BCUT2D eigenvalue weighted by Gasteiger charge is -2.12. The number of carbonyl (C=O) groups is 1. The van der Waals surface area contributed by atoms with E-state index in [1.807, 2.05) is 0 Å². The third-order valence-electron chi connectivity index (χ3n) is 3.17. The fourth-order valence-electron chi connectivity index (χ4n) is 2.02. The predicted octanol–water partition coefficient (Wildman–Crippen LogP) is 2.50. The number of nitrogens with zero attached hydrogens (tertiary/aromatic N) is 2. The molecule has 24 heavy (non-hydrogen) atoms. The SMILES string of the molecule is C=Cc1cccc(OCc2nc(OC)cc(OC)n2)c1C(=O)OC. The van der Waals surface area contributed by atoms with Crippen molar-refractivity contribution < 1.29 is 23.7 Å². The van der Waals surface area contributed by atoms with Crippen LogP contribution >= 0.6 is 0 Å². The molecule has 7 heteroatoms. The van der Waals surface area contributed by atoms with Crippen molar-refractivity contribution >= 4 is 12.0 Å². The molecule has 0 fully saturated rings. The van der Waals surface area contributed by atoms with E-state index >= 15 is 0 Å². The van der Waals surface area contributed by atoms with Crippen molar-refractivity contribution in [2.75, 3.05) is 21.3 Å². The van der Waals surface area contributed by atoms with Gasteiger partial charge in [0.2, 0.25) is 11.8 Å². The summed E-state index contributed by atoms with van der Waals surface area (Å²) in [4.78, 5) is 20.4. The summed E-state index contributed by atoms with van der Waals surface area (Å²) < 4.78 is 20.7. The molecule has 0 unspecified atom stereocenters. The van der Waals surface area contributed by atoms with Gasteiger partial charge >= 0.3 is 5.97 Å². The first-order chi connectivity index (χ1) is 11.6. The first-order valence-corrected chi connectivity index (χ1v) is 7.05. The summed E-state index contributed by atoms with van der Waals surface area (Å²) in [6.07, 6.45) is 1.56. The largest absolute Gasteiger partial charge is 0.485 e. The molecule has 1 aromatic heterocycles. The van der Waals surface area contributed by atoms with Gasteiger partial charge in [0.1, 0.15) is 17.9 Å². The zero-order valence-corrected chi connectivity index (χ0v) is 13.7. The van der Waals surface area contributed by atoms with Crippen molar-refractivity contribution in [3.05, 3.63) is 47.8 Å². The summed E-state index contributed by atoms with van der Waals surface area (Å²) >= 11 is 0. The number of hydrogen-bond acceptors (Lipinski definition) is 7. The van der Waals surface area contributed by atoms with Crippen LogP contribution in [-0.2, 0) is 11.3 Å². The normalized spacial score (nSPS) is 9.96. The number of methoxy groups -OCH3 is 3. The lowest BCUT2D eigenvalue weighted by molar-refractivity contribution is 0.0595.